The lowest BCUT2D eigenvalue weighted by Crippen LogP contribution is -2.45. The zero-order valence-electron chi connectivity index (χ0n) is 21.1. The van der Waals surface area contributed by atoms with E-state index in [-0.39, 0.29) is 5.91 Å². The fraction of sp³-hybridized carbons (Fsp3) is 0.500. The van der Waals surface area contributed by atoms with Crippen molar-refractivity contribution < 1.29 is 19.4 Å². The van der Waals surface area contributed by atoms with Crippen LogP contribution < -0.4 is 10.1 Å². The van der Waals surface area contributed by atoms with Crippen molar-refractivity contribution in [1.29, 1.82) is 0 Å². The number of carboxylic acids is 1. The molecular formula is C28H38N2O4. The zero-order valence-corrected chi connectivity index (χ0v) is 21.1. The van der Waals surface area contributed by atoms with Gasteiger partial charge in [-0.25, -0.2) is 4.79 Å². The molecule has 3 rings (SSSR count). The Morgan fingerprint density at radius 3 is 2.47 bits per heavy atom. The highest BCUT2D eigenvalue weighted by Crippen LogP contribution is 2.30. The molecule has 2 aromatic rings. The smallest absolute Gasteiger partial charge is 0.344 e. The number of ether oxygens (including phenoxy) is 1. The Bertz CT molecular complexity index is 1020. The maximum atomic E-state index is 13.1. The summed E-state index contributed by atoms with van der Waals surface area (Å²) in [6.45, 7) is 10.8. The molecule has 6 nitrogen and oxygen atoms in total. The second-order valence-electron chi connectivity index (χ2n) is 9.80. The number of carbonyl (C=O) groups is 2. The van der Waals surface area contributed by atoms with Crippen LogP contribution in [0.3, 0.4) is 0 Å². The van der Waals surface area contributed by atoms with Crippen LogP contribution in [-0.4, -0.2) is 40.6 Å². The molecule has 0 spiro atoms. The summed E-state index contributed by atoms with van der Waals surface area (Å²) < 4.78 is 5.57. The van der Waals surface area contributed by atoms with Gasteiger partial charge in [0.1, 0.15) is 5.75 Å². The Labute approximate surface area is 203 Å². The van der Waals surface area contributed by atoms with Gasteiger partial charge in [-0.2, -0.15) is 0 Å². The third-order valence-electron chi connectivity index (χ3n) is 6.81. The van der Waals surface area contributed by atoms with Crippen molar-refractivity contribution in [2.45, 2.75) is 79.0 Å². The minimum atomic E-state index is -0.990. The molecule has 1 aliphatic rings. The van der Waals surface area contributed by atoms with E-state index in [4.69, 9.17) is 9.84 Å². The highest BCUT2D eigenvalue weighted by atomic mass is 16.5. The molecule has 3 atom stereocenters. The number of aliphatic carboxylic acids is 1. The predicted octanol–water partition coefficient (Wildman–Crippen LogP) is 5.48. The summed E-state index contributed by atoms with van der Waals surface area (Å²) in [5, 5.41) is 12.2. The maximum absolute atomic E-state index is 13.1. The molecule has 2 aromatic carbocycles. The summed E-state index contributed by atoms with van der Waals surface area (Å²) in [4.78, 5) is 26.5. The third kappa shape index (κ3) is 6.83. The standard InChI is InChI=1S/C28H38N2O4/c1-18-10-12-24(20(3)14-18)29-27(31)17-30(25-9-7-6-8-19(25)2)16-23-11-13-26(21(4)15-23)34-22(5)28(32)33/h10-15,19,22,25H,6-9,16-17H2,1-5H3,(H,29,31)(H,32,33). The van der Waals surface area contributed by atoms with E-state index < -0.39 is 12.1 Å². The van der Waals surface area contributed by atoms with E-state index in [0.717, 1.165) is 28.8 Å². The summed E-state index contributed by atoms with van der Waals surface area (Å²) in [5.74, 6) is 0.110. The number of carboxylic acid groups (broad SMARTS) is 1. The van der Waals surface area contributed by atoms with Gasteiger partial charge in [0, 0.05) is 18.3 Å². The fourth-order valence-corrected chi connectivity index (χ4v) is 4.88. The fourth-order valence-electron chi connectivity index (χ4n) is 4.88. The number of hydrogen-bond acceptors (Lipinski definition) is 4. The van der Waals surface area contributed by atoms with Gasteiger partial charge in [-0.1, -0.05) is 49.6 Å². The first-order valence-corrected chi connectivity index (χ1v) is 12.2. The minimum Gasteiger partial charge on any atom is -0.479 e. The highest BCUT2D eigenvalue weighted by Gasteiger charge is 2.29. The number of benzene rings is 2. The summed E-state index contributed by atoms with van der Waals surface area (Å²) in [6, 6.07) is 12.3. The molecule has 0 radical (unpaired) electrons. The number of anilines is 1. The second kappa shape index (κ2) is 11.5. The molecule has 1 aliphatic carbocycles. The number of aryl methyl sites for hydroxylation is 3. The lowest BCUT2D eigenvalue weighted by atomic mass is 9.84. The van der Waals surface area contributed by atoms with Crippen LogP contribution in [0.15, 0.2) is 36.4 Å². The van der Waals surface area contributed by atoms with E-state index in [0.29, 0.717) is 30.8 Å². The van der Waals surface area contributed by atoms with E-state index in [1.807, 2.05) is 51.1 Å². The molecular weight excluding hydrogens is 428 g/mol. The molecule has 2 N–H and O–H groups in total. The van der Waals surface area contributed by atoms with Gasteiger partial charge in [0.15, 0.2) is 6.10 Å². The van der Waals surface area contributed by atoms with Gasteiger partial charge >= 0.3 is 5.97 Å². The van der Waals surface area contributed by atoms with Gasteiger partial charge in [-0.15, -0.1) is 0 Å². The van der Waals surface area contributed by atoms with Gasteiger partial charge in [0.25, 0.3) is 0 Å². The van der Waals surface area contributed by atoms with Crippen LogP contribution in [0.25, 0.3) is 0 Å². The quantitative estimate of drug-likeness (QED) is 0.511. The van der Waals surface area contributed by atoms with Crippen LogP contribution >= 0.6 is 0 Å². The second-order valence-corrected chi connectivity index (χ2v) is 9.80. The van der Waals surface area contributed by atoms with E-state index in [1.165, 1.54) is 31.7 Å². The summed E-state index contributed by atoms with van der Waals surface area (Å²) in [7, 11) is 0. The van der Waals surface area contributed by atoms with E-state index in [2.05, 4.69) is 23.2 Å². The number of nitrogens with zero attached hydrogens (tertiary/aromatic N) is 1. The van der Waals surface area contributed by atoms with Crippen molar-refractivity contribution in [3.8, 4) is 5.75 Å². The van der Waals surface area contributed by atoms with Crippen LogP contribution in [0.1, 0.15) is 61.8 Å². The average molecular weight is 467 g/mol. The molecule has 1 amide bonds. The first-order chi connectivity index (χ1) is 16.1. The highest BCUT2D eigenvalue weighted by molar-refractivity contribution is 5.93. The van der Waals surface area contributed by atoms with E-state index in [9.17, 15) is 9.59 Å². The predicted molar refractivity (Wildman–Crippen MR) is 135 cm³/mol. The summed E-state index contributed by atoms with van der Waals surface area (Å²) >= 11 is 0. The molecule has 34 heavy (non-hydrogen) atoms. The van der Waals surface area contributed by atoms with Crippen molar-refractivity contribution in [1.82, 2.24) is 4.90 Å². The SMILES string of the molecule is Cc1ccc(NC(=O)CN(Cc2ccc(OC(C)C(=O)O)c(C)c2)C2CCCCC2C)c(C)c1. The minimum absolute atomic E-state index is 0.00307. The summed E-state index contributed by atoms with van der Waals surface area (Å²) in [6.07, 6.45) is 3.79. The third-order valence-corrected chi connectivity index (χ3v) is 6.81. The Kier molecular flexibility index (Phi) is 8.72. The molecule has 0 heterocycles. The Balaban J connectivity index is 1.76. The monoisotopic (exact) mass is 466 g/mol. The van der Waals surface area contributed by atoms with Crippen molar-refractivity contribution in [3.05, 3.63) is 58.7 Å². The van der Waals surface area contributed by atoms with Crippen molar-refractivity contribution in [3.63, 3.8) is 0 Å². The molecule has 0 aromatic heterocycles. The van der Waals surface area contributed by atoms with Gasteiger partial charge < -0.3 is 15.2 Å². The average Bonchev–Trinajstić information content (AvgIpc) is 2.77. The first kappa shape index (κ1) is 25.8. The summed E-state index contributed by atoms with van der Waals surface area (Å²) in [5.41, 5.74) is 5.07. The molecule has 0 saturated heterocycles. The number of amides is 1. The van der Waals surface area contributed by atoms with Crippen molar-refractivity contribution >= 4 is 17.6 Å². The van der Waals surface area contributed by atoms with Gasteiger partial charge in [0.05, 0.1) is 6.54 Å². The number of hydrogen-bond donors (Lipinski definition) is 2. The lowest BCUT2D eigenvalue weighted by Gasteiger charge is -2.38. The molecule has 184 valence electrons. The molecule has 1 fully saturated rings. The van der Waals surface area contributed by atoms with E-state index >= 15 is 0 Å². The molecule has 0 bridgehead atoms. The normalized spacial score (nSPS) is 19.0. The van der Waals surface area contributed by atoms with Crippen molar-refractivity contribution in [2.24, 2.45) is 5.92 Å². The van der Waals surface area contributed by atoms with Gasteiger partial charge in [-0.05, 0) is 75.3 Å². The molecule has 1 saturated carbocycles. The van der Waals surface area contributed by atoms with Crippen LogP contribution in [0.2, 0.25) is 0 Å². The molecule has 3 unspecified atom stereocenters. The number of rotatable bonds is 9. The Hall–Kier alpha value is -2.86. The zero-order chi connectivity index (χ0) is 24.8. The topological polar surface area (TPSA) is 78.9 Å². The largest absolute Gasteiger partial charge is 0.479 e. The first-order valence-electron chi connectivity index (χ1n) is 12.2. The van der Waals surface area contributed by atoms with Crippen LogP contribution in [0.4, 0.5) is 5.69 Å². The Morgan fingerprint density at radius 1 is 1.09 bits per heavy atom. The van der Waals surface area contributed by atoms with E-state index in [1.54, 1.807) is 0 Å². The van der Waals surface area contributed by atoms with Crippen molar-refractivity contribution in [2.75, 3.05) is 11.9 Å². The van der Waals surface area contributed by atoms with Gasteiger partial charge in [-0.3, -0.25) is 9.69 Å². The maximum Gasteiger partial charge on any atom is 0.344 e. The van der Waals surface area contributed by atoms with Gasteiger partial charge in [0.2, 0.25) is 5.91 Å². The van der Waals surface area contributed by atoms with Crippen LogP contribution in [0.5, 0.6) is 5.75 Å². The molecule has 0 aliphatic heterocycles. The number of carbonyl (C=O) groups excluding carboxylic acids is 1. The molecule has 6 heteroatoms. The number of nitrogens with one attached hydrogen (secondary N) is 1. The lowest BCUT2D eigenvalue weighted by molar-refractivity contribution is -0.144. The Morgan fingerprint density at radius 2 is 1.82 bits per heavy atom. The van der Waals surface area contributed by atoms with Crippen LogP contribution in [0, 0.1) is 26.7 Å². The van der Waals surface area contributed by atoms with Crippen LogP contribution in [-0.2, 0) is 16.1 Å².